The van der Waals surface area contributed by atoms with Crippen molar-refractivity contribution in [3.8, 4) is 11.5 Å². The van der Waals surface area contributed by atoms with E-state index in [0.29, 0.717) is 17.1 Å². The molecule has 0 aliphatic carbocycles. The van der Waals surface area contributed by atoms with Gasteiger partial charge in [-0.3, -0.25) is 4.79 Å². The number of fused-ring (bicyclic) bond motifs is 1. The van der Waals surface area contributed by atoms with Gasteiger partial charge in [0.25, 0.3) is 12.1 Å². The first-order valence-electron chi connectivity index (χ1n) is 6.12. The van der Waals surface area contributed by atoms with Crippen molar-refractivity contribution in [2.75, 3.05) is 20.3 Å². The van der Waals surface area contributed by atoms with E-state index in [-0.39, 0.29) is 19.7 Å². The Bertz CT molecular complexity index is 533. The van der Waals surface area contributed by atoms with Crippen molar-refractivity contribution in [2.24, 2.45) is 0 Å². The molecule has 0 bridgehead atoms. The lowest BCUT2D eigenvalue weighted by molar-refractivity contribution is -0.193. The number of amides is 1. The van der Waals surface area contributed by atoms with Crippen LogP contribution in [0.3, 0.4) is 0 Å². The van der Waals surface area contributed by atoms with Gasteiger partial charge < -0.3 is 14.4 Å². The minimum atomic E-state index is -5.20. The van der Waals surface area contributed by atoms with Crippen LogP contribution in [0.25, 0.3) is 0 Å². The molecular weight excluding hydrogens is 294 g/mol. The zero-order valence-electron chi connectivity index (χ0n) is 11.1. The fourth-order valence-corrected chi connectivity index (χ4v) is 1.97. The van der Waals surface area contributed by atoms with E-state index in [4.69, 9.17) is 9.47 Å². The standard InChI is InChI=1S/C13H13F4NO3/c1-20-9-3-2-8-7-18(4-5-21-10(8)6-9)12(19)11(14)13(15,16)17/h2-3,6,11H,4-5,7H2,1H3. The fraction of sp³-hybridized carbons (Fsp3) is 0.462. The van der Waals surface area contributed by atoms with Crippen molar-refractivity contribution in [3.05, 3.63) is 23.8 Å². The van der Waals surface area contributed by atoms with Gasteiger partial charge in [-0.1, -0.05) is 0 Å². The van der Waals surface area contributed by atoms with E-state index < -0.39 is 18.3 Å². The highest BCUT2D eigenvalue weighted by Gasteiger charge is 2.47. The van der Waals surface area contributed by atoms with E-state index in [1.54, 1.807) is 18.2 Å². The molecule has 0 radical (unpaired) electrons. The van der Waals surface area contributed by atoms with Crippen molar-refractivity contribution in [3.63, 3.8) is 0 Å². The Hall–Kier alpha value is -1.99. The van der Waals surface area contributed by atoms with Gasteiger partial charge in [0.2, 0.25) is 0 Å². The minimum absolute atomic E-state index is 0.0174. The maximum atomic E-state index is 13.1. The number of rotatable bonds is 2. The van der Waals surface area contributed by atoms with E-state index in [0.717, 1.165) is 4.90 Å². The van der Waals surface area contributed by atoms with Crippen LogP contribution in [0.15, 0.2) is 18.2 Å². The summed E-state index contributed by atoms with van der Waals surface area (Å²) in [4.78, 5) is 12.4. The van der Waals surface area contributed by atoms with Crippen LogP contribution >= 0.6 is 0 Å². The molecule has 2 rings (SSSR count). The molecular formula is C13H13F4NO3. The molecule has 1 aromatic rings. The van der Waals surface area contributed by atoms with Gasteiger partial charge in [0.1, 0.15) is 18.1 Å². The largest absolute Gasteiger partial charge is 0.497 e. The number of carbonyl (C=O) groups excluding carboxylic acids is 1. The summed E-state index contributed by atoms with van der Waals surface area (Å²) < 4.78 is 60.3. The van der Waals surface area contributed by atoms with E-state index in [1.165, 1.54) is 7.11 Å². The normalized spacial score (nSPS) is 16.5. The molecule has 0 saturated carbocycles. The quantitative estimate of drug-likeness (QED) is 0.787. The van der Waals surface area contributed by atoms with Gasteiger partial charge in [-0.05, 0) is 12.1 Å². The Morgan fingerprint density at radius 3 is 2.76 bits per heavy atom. The van der Waals surface area contributed by atoms with Crippen molar-refractivity contribution in [1.82, 2.24) is 4.90 Å². The molecule has 116 valence electrons. The number of methoxy groups -OCH3 is 1. The molecule has 0 aromatic heterocycles. The van der Waals surface area contributed by atoms with Crippen LogP contribution in [0.4, 0.5) is 17.6 Å². The lowest BCUT2D eigenvalue weighted by atomic mass is 10.1. The summed E-state index contributed by atoms with van der Waals surface area (Å²) in [7, 11) is 1.46. The molecule has 1 aliphatic heterocycles. The highest BCUT2D eigenvalue weighted by molar-refractivity contribution is 5.81. The summed E-state index contributed by atoms with van der Waals surface area (Å²) in [6.45, 7) is -0.280. The van der Waals surface area contributed by atoms with E-state index in [9.17, 15) is 22.4 Å². The number of alkyl halides is 4. The Labute approximate surface area is 118 Å². The smallest absolute Gasteiger partial charge is 0.428 e. The van der Waals surface area contributed by atoms with Gasteiger partial charge in [0, 0.05) is 18.2 Å². The number of benzene rings is 1. The topological polar surface area (TPSA) is 38.8 Å². The van der Waals surface area contributed by atoms with Gasteiger partial charge in [-0.15, -0.1) is 0 Å². The Balaban J connectivity index is 2.19. The van der Waals surface area contributed by atoms with Crippen LogP contribution < -0.4 is 9.47 Å². The predicted octanol–water partition coefficient (Wildman–Crippen LogP) is 2.32. The van der Waals surface area contributed by atoms with Crippen LogP contribution in [0, 0.1) is 0 Å². The molecule has 1 heterocycles. The molecule has 0 fully saturated rings. The van der Waals surface area contributed by atoms with Gasteiger partial charge in [-0.25, -0.2) is 4.39 Å². The molecule has 1 aromatic carbocycles. The van der Waals surface area contributed by atoms with Crippen molar-refractivity contribution < 1.29 is 31.8 Å². The Kier molecular flexibility index (Phi) is 4.24. The summed E-state index contributed by atoms with van der Waals surface area (Å²) in [5.41, 5.74) is 0.496. The highest BCUT2D eigenvalue weighted by atomic mass is 19.4. The zero-order valence-corrected chi connectivity index (χ0v) is 11.1. The first-order valence-corrected chi connectivity index (χ1v) is 6.12. The van der Waals surface area contributed by atoms with E-state index in [2.05, 4.69) is 0 Å². The predicted molar refractivity (Wildman–Crippen MR) is 64.9 cm³/mol. The second kappa shape index (κ2) is 5.79. The van der Waals surface area contributed by atoms with E-state index >= 15 is 0 Å². The summed E-state index contributed by atoms with van der Waals surface area (Å²) in [5, 5.41) is 0. The molecule has 1 atom stereocenters. The zero-order chi connectivity index (χ0) is 15.6. The Morgan fingerprint density at radius 1 is 1.43 bits per heavy atom. The van der Waals surface area contributed by atoms with Crippen LogP contribution in [0.2, 0.25) is 0 Å². The average molecular weight is 307 g/mol. The third-order valence-corrected chi connectivity index (χ3v) is 3.07. The molecule has 21 heavy (non-hydrogen) atoms. The first kappa shape index (κ1) is 15.4. The lowest BCUT2D eigenvalue weighted by Crippen LogP contribution is -2.44. The molecule has 4 nitrogen and oxygen atoms in total. The molecule has 0 spiro atoms. The average Bonchev–Trinajstić information content (AvgIpc) is 2.65. The number of carbonyl (C=O) groups is 1. The highest BCUT2D eigenvalue weighted by Crippen LogP contribution is 2.30. The number of ether oxygens (including phenoxy) is 2. The van der Waals surface area contributed by atoms with Crippen molar-refractivity contribution in [1.29, 1.82) is 0 Å². The Morgan fingerprint density at radius 2 is 2.14 bits per heavy atom. The van der Waals surface area contributed by atoms with Crippen molar-refractivity contribution in [2.45, 2.75) is 18.9 Å². The third kappa shape index (κ3) is 3.37. The summed E-state index contributed by atoms with van der Waals surface area (Å²) in [6.07, 6.45) is -8.72. The van der Waals surface area contributed by atoms with Gasteiger partial charge in [0.15, 0.2) is 0 Å². The van der Waals surface area contributed by atoms with Crippen LogP contribution in [0.1, 0.15) is 5.56 Å². The van der Waals surface area contributed by atoms with Gasteiger partial charge in [-0.2, -0.15) is 13.2 Å². The van der Waals surface area contributed by atoms with Crippen molar-refractivity contribution >= 4 is 5.91 Å². The summed E-state index contributed by atoms with van der Waals surface area (Å²) >= 11 is 0. The fourth-order valence-electron chi connectivity index (χ4n) is 1.97. The number of nitrogens with zero attached hydrogens (tertiary/aromatic N) is 1. The molecule has 0 saturated heterocycles. The monoisotopic (exact) mass is 307 g/mol. The summed E-state index contributed by atoms with van der Waals surface area (Å²) in [6, 6.07) is 4.73. The minimum Gasteiger partial charge on any atom is -0.497 e. The van der Waals surface area contributed by atoms with Gasteiger partial charge in [0.05, 0.1) is 13.7 Å². The maximum absolute atomic E-state index is 13.1. The molecule has 1 unspecified atom stereocenters. The van der Waals surface area contributed by atoms with Gasteiger partial charge >= 0.3 is 6.18 Å². The lowest BCUT2D eigenvalue weighted by Gasteiger charge is -2.22. The third-order valence-electron chi connectivity index (χ3n) is 3.07. The van der Waals surface area contributed by atoms with E-state index in [1.807, 2.05) is 0 Å². The summed E-state index contributed by atoms with van der Waals surface area (Å²) in [5.74, 6) is -0.672. The van der Waals surface area contributed by atoms with Crippen LogP contribution in [-0.4, -0.2) is 43.4 Å². The second-order valence-electron chi connectivity index (χ2n) is 4.49. The molecule has 1 amide bonds. The van der Waals surface area contributed by atoms with Crippen LogP contribution in [0.5, 0.6) is 11.5 Å². The number of halogens is 4. The molecule has 8 heteroatoms. The molecule has 1 aliphatic rings. The maximum Gasteiger partial charge on any atom is 0.428 e. The SMILES string of the molecule is COc1ccc2c(c1)OCCN(C(=O)C(F)C(F)(F)F)C2. The second-order valence-corrected chi connectivity index (χ2v) is 4.49. The molecule has 0 N–H and O–H groups in total. The number of hydrogen-bond donors (Lipinski definition) is 0. The number of hydrogen-bond acceptors (Lipinski definition) is 3. The van der Waals surface area contributed by atoms with Crippen LogP contribution in [-0.2, 0) is 11.3 Å². The first-order chi connectivity index (χ1) is 9.82.